The molecule has 0 atom stereocenters. The van der Waals surface area contributed by atoms with Crippen LogP contribution in [0.3, 0.4) is 0 Å². The standard InChI is InChI=1S/C18H16ClN3O/c1-12-3-8-16(22-10-9-20-13(22)2)11-17(12)21-18(23)14-4-6-15(19)7-5-14/h3-11H,1-2H3,(H,21,23). The lowest BCUT2D eigenvalue weighted by atomic mass is 10.1. The quantitative estimate of drug-likeness (QED) is 0.776. The van der Waals surface area contributed by atoms with E-state index in [1.54, 1.807) is 30.5 Å². The highest BCUT2D eigenvalue weighted by molar-refractivity contribution is 6.30. The summed E-state index contributed by atoms with van der Waals surface area (Å²) in [6.45, 7) is 3.90. The molecule has 1 N–H and O–H groups in total. The third-order valence-electron chi connectivity index (χ3n) is 3.68. The minimum absolute atomic E-state index is 0.163. The lowest BCUT2D eigenvalue weighted by Gasteiger charge is -2.12. The monoisotopic (exact) mass is 325 g/mol. The van der Waals surface area contributed by atoms with Gasteiger partial charge in [0.05, 0.1) is 0 Å². The summed E-state index contributed by atoms with van der Waals surface area (Å²) in [5.74, 6) is 0.730. The minimum atomic E-state index is -0.163. The Bertz CT molecular complexity index is 853. The molecule has 0 spiro atoms. The van der Waals surface area contributed by atoms with Crippen LogP contribution in [0.1, 0.15) is 21.7 Å². The Morgan fingerprint density at radius 2 is 1.87 bits per heavy atom. The number of carbonyl (C=O) groups is 1. The molecule has 0 aliphatic carbocycles. The number of aryl methyl sites for hydroxylation is 2. The summed E-state index contributed by atoms with van der Waals surface area (Å²) in [7, 11) is 0. The number of carbonyl (C=O) groups excluding carboxylic acids is 1. The molecule has 1 aromatic heterocycles. The van der Waals surface area contributed by atoms with Gasteiger partial charge in [-0.3, -0.25) is 4.79 Å². The van der Waals surface area contributed by atoms with Crippen LogP contribution >= 0.6 is 11.6 Å². The number of halogens is 1. The second-order valence-corrected chi connectivity index (χ2v) is 5.74. The van der Waals surface area contributed by atoms with Gasteiger partial charge in [0, 0.05) is 34.4 Å². The number of rotatable bonds is 3. The van der Waals surface area contributed by atoms with Gasteiger partial charge in [-0.25, -0.2) is 4.98 Å². The van der Waals surface area contributed by atoms with E-state index in [2.05, 4.69) is 10.3 Å². The molecule has 1 amide bonds. The van der Waals surface area contributed by atoms with Gasteiger partial charge in [0.25, 0.3) is 5.91 Å². The van der Waals surface area contributed by atoms with Crippen molar-refractivity contribution < 1.29 is 4.79 Å². The van der Waals surface area contributed by atoms with Crippen molar-refractivity contribution in [3.05, 3.63) is 76.8 Å². The van der Waals surface area contributed by atoms with Gasteiger partial charge in [-0.2, -0.15) is 0 Å². The predicted octanol–water partition coefficient (Wildman–Crippen LogP) is 4.39. The molecule has 5 heteroatoms. The molecule has 0 fully saturated rings. The highest BCUT2D eigenvalue weighted by atomic mass is 35.5. The summed E-state index contributed by atoms with van der Waals surface area (Å²) in [6.07, 6.45) is 3.64. The maximum Gasteiger partial charge on any atom is 0.255 e. The molecule has 0 bridgehead atoms. The van der Waals surface area contributed by atoms with Gasteiger partial charge >= 0.3 is 0 Å². The highest BCUT2D eigenvalue weighted by Crippen LogP contribution is 2.21. The van der Waals surface area contributed by atoms with E-state index in [0.29, 0.717) is 10.6 Å². The number of nitrogens with zero attached hydrogens (tertiary/aromatic N) is 2. The molecule has 1 heterocycles. The fourth-order valence-electron chi connectivity index (χ4n) is 2.34. The zero-order valence-corrected chi connectivity index (χ0v) is 13.6. The van der Waals surface area contributed by atoms with Crippen molar-refractivity contribution in [2.75, 3.05) is 5.32 Å². The highest BCUT2D eigenvalue weighted by Gasteiger charge is 2.09. The molecule has 3 rings (SSSR count). The van der Waals surface area contributed by atoms with Crippen molar-refractivity contribution in [3.63, 3.8) is 0 Å². The third-order valence-corrected chi connectivity index (χ3v) is 3.93. The number of hydrogen-bond acceptors (Lipinski definition) is 2. The second kappa shape index (κ2) is 6.26. The lowest BCUT2D eigenvalue weighted by molar-refractivity contribution is 0.102. The summed E-state index contributed by atoms with van der Waals surface area (Å²) >= 11 is 5.85. The number of nitrogens with one attached hydrogen (secondary N) is 1. The van der Waals surface area contributed by atoms with Crippen LogP contribution in [0, 0.1) is 13.8 Å². The van der Waals surface area contributed by atoms with Crippen LogP contribution in [0.25, 0.3) is 5.69 Å². The number of amides is 1. The minimum Gasteiger partial charge on any atom is -0.322 e. The Labute approximate surface area is 139 Å². The molecule has 3 aromatic rings. The van der Waals surface area contributed by atoms with Crippen LogP contribution in [0.15, 0.2) is 54.9 Å². The van der Waals surface area contributed by atoms with Gasteiger partial charge in [0.15, 0.2) is 0 Å². The van der Waals surface area contributed by atoms with Crippen molar-refractivity contribution >= 4 is 23.2 Å². The Kier molecular flexibility index (Phi) is 4.17. The average molecular weight is 326 g/mol. The predicted molar refractivity (Wildman–Crippen MR) is 92.4 cm³/mol. The topological polar surface area (TPSA) is 46.9 Å². The average Bonchev–Trinajstić information content (AvgIpc) is 2.96. The molecular formula is C18H16ClN3O. The fraction of sp³-hybridized carbons (Fsp3) is 0.111. The van der Waals surface area contributed by atoms with Crippen LogP contribution in [0.5, 0.6) is 0 Å². The molecule has 0 aliphatic heterocycles. The van der Waals surface area contributed by atoms with Crippen molar-refractivity contribution in [3.8, 4) is 5.69 Å². The molecular weight excluding hydrogens is 310 g/mol. The van der Waals surface area contributed by atoms with Crippen LogP contribution in [-0.4, -0.2) is 15.5 Å². The first kappa shape index (κ1) is 15.3. The Hall–Kier alpha value is -2.59. The molecule has 2 aromatic carbocycles. The summed E-state index contributed by atoms with van der Waals surface area (Å²) < 4.78 is 1.97. The largest absolute Gasteiger partial charge is 0.322 e. The van der Waals surface area contributed by atoms with Gasteiger partial charge < -0.3 is 9.88 Å². The number of benzene rings is 2. The molecule has 4 nitrogen and oxygen atoms in total. The van der Waals surface area contributed by atoms with Crippen LogP contribution in [0.4, 0.5) is 5.69 Å². The van der Waals surface area contributed by atoms with Crippen LogP contribution in [-0.2, 0) is 0 Å². The van der Waals surface area contributed by atoms with Gasteiger partial charge in [-0.15, -0.1) is 0 Å². The van der Waals surface area contributed by atoms with E-state index in [-0.39, 0.29) is 5.91 Å². The van der Waals surface area contributed by atoms with Gasteiger partial charge in [-0.05, 0) is 55.8 Å². The lowest BCUT2D eigenvalue weighted by Crippen LogP contribution is -2.13. The smallest absolute Gasteiger partial charge is 0.255 e. The maximum absolute atomic E-state index is 12.4. The molecule has 23 heavy (non-hydrogen) atoms. The second-order valence-electron chi connectivity index (χ2n) is 5.30. The first-order valence-electron chi connectivity index (χ1n) is 7.22. The van der Waals surface area contributed by atoms with Crippen molar-refractivity contribution in [2.45, 2.75) is 13.8 Å². The Morgan fingerprint density at radius 3 is 2.52 bits per heavy atom. The summed E-state index contributed by atoms with van der Waals surface area (Å²) in [4.78, 5) is 16.6. The number of anilines is 1. The SMILES string of the molecule is Cc1ccc(-n2ccnc2C)cc1NC(=O)c1ccc(Cl)cc1. The first-order chi connectivity index (χ1) is 11.0. The van der Waals surface area contributed by atoms with E-state index in [4.69, 9.17) is 11.6 Å². The number of hydrogen-bond donors (Lipinski definition) is 1. The van der Waals surface area contributed by atoms with Gasteiger partial charge in [-0.1, -0.05) is 17.7 Å². The maximum atomic E-state index is 12.4. The van der Waals surface area contributed by atoms with E-state index in [9.17, 15) is 4.79 Å². The molecule has 0 aliphatic rings. The van der Waals surface area contributed by atoms with E-state index in [1.807, 2.05) is 42.8 Å². The van der Waals surface area contributed by atoms with Crippen molar-refractivity contribution in [2.24, 2.45) is 0 Å². The first-order valence-corrected chi connectivity index (χ1v) is 7.60. The zero-order chi connectivity index (χ0) is 16.4. The van der Waals surface area contributed by atoms with E-state index >= 15 is 0 Å². The summed E-state index contributed by atoms with van der Waals surface area (Å²) in [6, 6.07) is 12.7. The molecule has 0 saturated heterocycles. The van der Waals surface area contributed by atoms with E-state index in [0.717, 1.165) is 22.8 Å². The Morgan fingerprint density at radius 1 is 1.13 bits per heavy atom. The van der Waals surface area contributed by atoms with E-state index < -0.39 is 0 Å². The number of aromatic nitrogens is 2. The third kappa shape index (κ3) is 3.27. The van der Waals surface area contributed by atoms with Crippen molar-refractivity contribution in [1.29, 1.82) is 0 Å². The van der Waals surface area contributed by atoms with Crippen LogP contribution in [0.2, 0.25) is 5.02 Å². The number of imidazole rings is 1. The van der Waals surface area contributed by atoms with Gasteiger partial charge in [0.1, 0.15) is 5.82 Å². The summed E-state index contributed by atoms with van der Waals surface area (Å²) in [5.41, 5.74) is 3.29. The molecule has 0 unspecified atom stereocenters. The Balaban J connectivity index is 1.89. The van der Waals surface area contributed by atoms with Gasteiger partial charge in [0.2, 0.25) is 0 Å². The van der Waals surface area contributed by atoms with Crippen molar-refractivity contribution in [1.82, 2.24) is 9.55 Å². The normalized spacial score (nSPS) is 10.6. The molecule has 116 valence electrons. The molecule has 0 radical (unpaired) electrons. The van der Waals surface area contributed by atoms with Crippen LogP contribution < -0.4 is 5.32 Å². The fourth-order valence-corrected chi connectivity index (χ4v) is 2.47. The summed E-state index contributed by atoms with van der Waals surface area (Å²) in [5, 5.41) is 3.56. The molecule has 0 saturated carbocycles. The van der Waals surface area contributed by atoms with E-state index in [1.165, 1.54) is 0 Å². The zero-order valence-electron chi connectivity index (χ0n) is 12.9.